The Morgan fingerprint density at radius 1 is 1.00 bits per heavy atom. The number of rotatable bonds is 3. The number of likely N-dealkylation sites (N-methyl/N-ethyl adjacent to an activating group) is 1. The predicted molar refractivity (Wildman–Crippen MR) is 103 cm³/mol. The molecule has 0 bridgehead atoms. The number of carbonyl (C=O) groups excluding carboxylic acids is 1. The summed E-state index contributed by atoms with van der Waals surface area (Å²) in [5.41, 5.74) is 3.33. The second-order valence-electron chi connectivity index (χ2n) is 6.14. The molecule has 0 unspecified atom stereocenters. The fraction of sp³-hybridized carbons (Fsp3) is 0.250. The molecule has 1 fully saturated rings. The third-order valence-corrected chi connectivity index (χ3v) is 4.28. The lowest BCUT2D eigenvalue weighted by atomic mass is 10.2. The van der Waals surface area contributed by atoms with Crippen LogP contribution < -0.4 is 15.5 Å². The molecule has 1 heterocycles. The van der Waals surface area contributed by atoms with E-state index in [0.717, 1.165) is 37.4 Å². The van der Waals surface area contributed by atoms with E-state index in [1.165, 1.54) is 5.69 Å². The van der Waals surface area contributed by atoms with Gasteiger partial charge in [-0.3, -0.25) is 0 Å². The zero-order chi connectivity index (χ0) is 17.6. The maximum Gasteiger partial charge on any atom is 0.323 e. The molecular formula is C20H22N4O. The average molecular weight is 334 g/mol. The van der Waals surface area contributed by atoms with Crippen molar-refractivity contribution in [3.63, 3.8) is 0 Å². The summed E-state index contributed by atoms with van der Waals surface area (Å²) in [5, 5.41) is 5.62. The highest BCUT2D eigenvalue weighted by molar-refractivity contribution is 5.99. The van der Waals surface area contributed by atoms with Crippen LogP contribution in [0.2, 0.25) is 0 Å². The van der Waals surface area contributed by atoms with E-state index in [1.54, 1.807) is 12.1 Å². The summed E-state index contributed by atoms with van der Waals surface area (Å²) in [6.45, 7) is 4.18. The van der Waals surface area contributed by atoms with Gasteiger partial charge in [-0.1, -0.05) is 12.0 Å². The molecule has 25 heavy (non-hydrogen) atoms. The van der Waals surface area contributed by atoms with Crippen LogP contribution in [0.5, 0.6) is 0 Å². The summed E-state index contributed by atoms with van der Waals surface area (Å²) in [4.78, 5) is 16.8. The lowest BCUT2D eigenvalue weighted by molar-refractivity contribution is 0.262. The third-order valence-electron chi connectivity index (χ3n) is 4.28. The minimum absolute atomic E-state index is 0.290. The van der Waals surface area contributed by atoms with Crippen molar-refractivity contribution in [1.29, 1.82) is 0 Å². The van der Waals surface area contributed by atoms with Crippen LogP contribution >= 0.6 is 0 Å². The third kappa shape index (κ3) is 4.52. The zero-order valence-electron chi connectivity index (χ0n) is 14.3. The van der Waals surface area contributed by atoms with Gasteiger partial charge in [0, 0.05) is 48.8 Å². The smallest absolute Gasteiger partial charge is 0.323 e. The minimum atomic E-state index is -0.290. The molecule has 2 aromatic carbocycles. The topological polar surface area (TPSA) is 47.6 Å². The van der Waals surface area contributed by atoms with Crippen molar-refractivity contribution in [2.45, 2.75) is 0 Å². The number of anilines is 3. The Bertz CT molecular complexity index is 771. The van der Waals surface area contributed by atoms with Crippen LogP contribution in [0.15, 0.2) is 48.5 Å². The van der Waals surface area contributed by atoms with Crippen molar-refractivity contribution in [3.8, 4) is 12.3 Å². The Morgan fingerprint density at radius 3 is 2.36 bits per heavy atom. The summed E-state index contributed by atoms with van der Waals surface area (Å²) in [6.07, 6.45) is 5.37. The largest absolute Gasteiger partial charge is 0.369 e. The highest BCUT2D eigenvalue weighted by Crippen LogP contribution is 2.19. The number of hydrogen-bond donors (Lipinski definition) is 2. The Morgan fingerprint density at radius 2 is 1.68 bits per heavy atom. The quantitative estimate of drug-likeness (QED) is 0.848. The molecule has 1 saturated heterocycles. The second-order valence-corrected chi connectivity index (χ2v) is 6.14. The molecule has 2 amide bonds. The molecule has 0 atom stereocenters. The first-order chi connectivity index (χ1) is 12.1. The molecule has 128 valence electrons. The first kappa shape index (κ1) is 16.9. The van der Waals surface area contributed by atoms with Crippen LogP contribution in [-0.4, -0.2) is 44.2 Å². The summed E-state index contributed by atoms with van der Waals surface area (Å²) in [7, 11) is 2.14. The number of nitrogens with one attached hydrogen (secondary N) is 2. The highest BCUT2D eigenvalue weighted by Gasteiger charge is 2.14. The molecule has 0 saturated carbocycles. The molecule has 5 nitrogen and oxygen atoms in total. The number of piperazine rings is 1. The van der Waals surface area contributed by atoms with Crippen LogP contribution in [-0.2, 0) is 0 Å². The lowest BCUT2D eigenvalue weighted by Crippen LogP contribution is -2.44. The monoisotopic (exact) mass is 334 g/mol. The number of urea groups is 1. The van der Waals surface area contributed by atoms with Gasteiger partial charge >= 0.3 is 6.03 Å². The zero-order valence-corrected chi connectivity index (χ0v) is 14.3. The van der Waals surface area contributed by atoms with Gasteiger partial charge in [0.1, 0.15) is 0 Å². The summed E-state index contributed by atoms with van der Waals surface area (Å²) < 4.78 is 0. The molecule has 0 spiro atoms. The normalized spacial score (nSPS) is 14.6. The van der Waals surface area contributed by atoms with E-state index < -0.39 is 0 Å². The Labute approximate surface area is 148 Å². The van der Waals surface area contributed by atoms with E-state index in [9.17, 15) is 4.79 Å². The van der Waals surface area contributed by atoms with Gasteiger partial charge in [-0.2, -0.15) is 0 Å². The summed E-state index contributed by atoms with van der Waals surface area (Å²) in [5.74, 6) is 2.55. The van der Waals surface area contributed by atoms with E-state index in [4.69, 9.17) is 6.42 Å². The predicted octanol–water partition coefficient (Wildman–Crippen LogP) is 3.06. The SMILES string of the molecule is C#Cc1cccc(NC(=O)Nc2ccc(N3CCN(C)CC3)cc2)c1. The number of carbonyl (C=O) groups is 1. The van der Waals surface area contributed by atoms with Crippen molar-refractivity contribution in [3.05, 3.63) is 54.1 Å². The maximum atomic E-state index is 12.1. The van der Waals surface area contributed by atoms with Gasteiger partial charge in [-0.05, 0) is 49.5 Å². The molecule has 2 aromatic rings. The number of benzene rings is 2. The van der Waals surface area contributed by atoms with E-state index in [-0.39, 0.29) is 6.03 Å². The van der Waals surface area contributed by atoms with Crippen molar-refractivity contribution in [1.82, 2.24) is 4.90 Å². The van der Waals surface area contributed by atoms with Gasteiger partial charge in [-0.15, -0.1) is 6.42 Å². The molecule has 0 aromatic heterocycles. The number of amides is 2. The molecular weight excluding hydrogens is 312 g/mol. The molecule has 5 heteroatoms. The molecule has 0 radical (unpaired) electrons. The molecule has 1 aliphatic rings. The minimum Gasteiger partial charge on any atom is -0.369 e. The summed E-state index contributed by atoms with van der Waals surface area (Å²) in [6, 6.07) is 14.8. The van der Waals surface area contributed by atoms with Crippen molar-refractivity contribution in [2.75, 3.05) is 48.8 Å². The van der Waals surface area contributed by atoms with E-state index in [1.807, 2.05) is 36.4 Å². The maximum absolute atomic E-state index is 12.1. The highest BCUT2D eigenvalue weighted by atomic mass is 16.2. The summed E-state index contributed by atoms with van der Waals surface area (Å²) >= 11 is 0. The number of nitrogens with zero attached hydrogens (tertiary/aromatic N) is 2. The number of terminal acetylenes is 1. The first-order valence-electron chi connectivity index (χ1n) is 8.32. The fourth-order valence-electron chi connectivity index (χ4n) is 2.80. The van der Waals surface area contributed by atoms with Crippen molar-refractivity contribution < 1.29 is 4.79 Å². The van der Waals surface area contributed by atoms with E-state index >= 15 is 0 Å². The van der Waals surface area contributed by atoms with Gasteiger partial charge in [0.25, 0.3) is 0 Å². The molecule has 1 aliphatic heterocycles. The van der Waals surface area contributed by atoms with Crippen molar-refractivity contribution >= 4 is 23.1 Å². The van der Waals surface area contributed by atoms with Gasteiger partial charge < -0.3 is 20.4 Å². The lowest BCUT2D eigenvalue weighted by Gasteiger charge is -2.34. The van der Waals surface area contributed by atoms with Gasteiger partial charge in [-0.25, -0.2) is 4.79 Å². The van der Waals surface area contributed by atoms with Crippen molar-refractivity contribution in [2.24, 2.45) is 0 Å². The van der Waals surface area contributed by atoms with Gasteiger partial charge in [0.05, 0.1) is 0 Å². The van der Waals surface area contributed by atoms with Crippen LogP contribution in [0.4, 0.5) is 21.9 Å². The van der Waals surface area contributed by atoms with Crippen LogP contribution in [0.1, 0.15) is 5.56 Å². The Balaban J connectivity index is 1.57. The Kier molecular flexibility index (Phi) is 5.22. The molecule has 3 rings (SSSR count). The average Bonchev–Trinajstić information content (AvgIpc) is 2.63. The van der Waals surface area contributed by atoms with Gasteiger partial charge in [0.15, 0.2) is 0 Å². The fourth-order valence-corrected chi connectivity index (χ4v) is 2.80. The second kappa shape index (κ2) is 7.73. The van der Waals surface area contributed by atoms with E-state index in [0.29, 0.717) is 5.69 Å². The van der Waals surface area contributed by atoms with Gasteiger partial charge in [0.2, 0.25) is 0 Å². The molecule has 0 aliphatic carbocycles. The van der Waals surface area contributed by atoms with Crippen LogP contribution in [0.25, 0.3) is 0 Å². The standard InChI is InChI=1S/C20H22N4O/c1-3-16-5-4-6-18(15-16)22-20(25)21-17-7-9-19(10-8-17)24-13-11-23(2)12-14-24/h1,4-10,15H,11-14H2,2H3,(H2,21,22,25). The molecule has 2 N–H and O–H groups in total. The Hall–Kier alpha value is -2.97. The first-order valence-corrected chi connectivity index (χ1v) is 8.32. The number of hydrogen-bond acceptors (Lipinski definition) is 3. The van der Waals surface area contributed by atoms with Crippen LogP contribution in [0.3, 0.4) is 0 Å². The van der Waals surface area contributed by atoms with Crippen LogP contribution in [0, 0.1) is 12.3 Å². The van der Waals surface area contributed by atoms with E-state index in [2.05, 4.69) is 33.4 Å².